The molecule has 0 aliphatic carbocycles. The van der Waals surface area contributed by atoms with E-state index in [9.17, 15) is 9.90 Å². The maximum Gasteiger partial charge on any atom is 0.311 e. The van der Waals surface area contributed by atoms with Crippen LogP contribution in [0.15, 0.2) is 24.3 Å². The number of aliphatic hydroxyl groups is 1. The van der Waals surface area contributed by atoms with Crippen LogP contribution in [0.3, 0.4) is 0 Å². The van der Waals surface area contributed by atoms with E-state index in [1.165, 1.54) is 5.56 Å². The fraction of sp³-hybridized carbons (Fsp3) is 0.611. The molecule has 1 aromatic rings. The summed E-state index contributed by atoms with van der Waals surface area (Å²) in [6.07, 6.45) is 0.653. The lowest BCUT2D eigenvalue weighted by Gasteiger charge is -2.23. The van der Waals surface area contributed by atoms with Crippen LogP contribution >= 0.6 is 0 Å². The lowest BCUT2D eigenvalue weighted by molar-refractivity contribution is -0.152. The minimum absolute atomic E-state index is 0.0768. The molecular formula is C18H28O3. The number of carbonyl (C=O) groups excluding carboxylic acids is 1. The molecule has 1 rings (SSSR count). The van der Waals surface area contributed by atoms with Gasteiger partial charge in [-0.15, -0.1) is 0 Å². The van der Waals surface area contributed by atoms with Crippen molar-refractivity contribution >= 4 is 5.97 Å². The SMILES string of the molecule is CCCC(C(=O)OCC)C(O)c1ccc(C(C)(C)C)cc1. The summed E-state index contributed by atoms with van der Waals surface area (Å²) in [5.74, 6) is -0.804. The van der Waals surface area contributed by atoms with Gasteiger partial charge in [-0.25, -0.2) is 0 Å². The molecule has 0 aliphatic heterocycles. The Morgan fingerprint density at radius 1 is 1.19 bits per heavy atom. The topological polar surface area (TPSA) is 46.5 Å². The van der Waals surface area contributed by atoms with E-state index in [1.54, 1.807) is 6.92 Å². The summed E-state index contributed by atoms with van der Waals surface area (Å²) in [4.78, 5) is 12.0. The van der Waals surface area contributed by atoms with Crippen molar-refractivity contribution in [2.75, 3.05) is 6.61 Å². The van der Waals surface area contributed by atoms with Crippen molar-refractivity contribution in [3.05, 3.63) is 35.4 Å². The van der Waals surface area contributed by atoms with Gasteiger partial charge in [0.2, 0.25) is 0 Å². The van der Waals surface area contributed by atoms with Crippen LogP contribution in [0, 0.1) is 5.92 Å². The highest BCUT2D eigenvalue weighted by Crippen LogP contribution is 2.29. The van der Waals surface area contributed by atoms with Crippen molar-refractivity contribution in [1.29, 1.82) is 0 Å². The van der Waals surface area contributed by atoms with E-state index in [0.717, 1.165) is 12.0 Å². The zero-order valence-electron chi connectivity index (χ0n) is 13.8. The van der Waals surface area contributed by atoms with Gasteiger partial charge in [0, 0.05) is 0 Å². The van der Waals surface area contributed by atoms with Gasteiger partial charge >= 0.3 is 5.97 Å². The summed E-state index contributed by atoms with van der Waals surface area (Å²) >= 11 is 0. The molecule has 0 bridgehead atoms. The zero-order chi connectivity index (χ0) is 16.0. The van der Waals surface area contributed by atoms with Gasteiger partial charge in [-0.2, -0.15) is 0 Å². The number of aliphatic hydroxyl groups excluding tert-OH is 1. The van der Waals surface area contributed by atoms with Crippen LogP contribution in [0.25, 0.3) is 0 Å². The molecule has 0 spiro atoms. The molecule has 118 valence electrons. The normalized spacial score (nSPS) is 14.6. The van der Waals surface area contributed by atoms with E-state index in [-0.39, 0.29) is 11.4 Å². The van der Waals surface area contributed by atoms with Crippen molar-refractivity contribution in [1.82, 2.24) is 0 Å². The monoisotopic (exact) mass is 292 g/mol. The van der Waals surface area contributed by atoms with Crippen LogP contribution in [0.1, 0.15) is 64.7 Å². The van der Waals surface area contributed by atoms with E-state index < -0.39 is 12.0 Å². The third kappa shape index (κ3) is 4.85. The van der Waals surface area contributed by atoms with Gasteiger partial charge in [-0.3, -0.25) is 4.79 Å². The molecule has 0 aromatic heterocycles. The predicted octanol–water partition coefficient (Wildman–Crippen LogP) is 4.00. The van der Waals surface area contributed by atoms with Gasteiger partial charge < -0.3 is 9.84 Å². The van der Waals surface area contributed by atoms with Gasteiger partial charge in [-0.1, -0.05) is 58.4 Å². The maximum absolute atomic E-state index is 12.0. The van der Waals surface area contributed by atoms with Crippen molar-refractivity contribution in [2.45, 2.75) is 59.0 Å². The van der Waals surface area contributed by atoms with E-state index in [0.29, 0.717) is 13.0 Å². The highest BCUT2D eigenvalue weighted by atomic mass is 16.5. The van der Waals surface area contributed by atoms with Gasteiger partial charge in [-0.05, 0) is 29.9 Å². The highest BCUT2D eigenvalue weighted by molar-refractivity contribution is 5.73. The number of hydrogen-bond donors (Lipinski definition) is 1. The maximum atomic E-state index is 12.0. The zero-order valence-corrected chi connectivity index (χ0v) is 13.8. The summed E-state index contributed by atoms with van der Waals surface area (Å²) in [5.41, 5.74) is 2.06. The van der Waals surface area contributed by atoms with Crippen LogP contribution in [0.2, 0.25) is 0 Å². The predicted molar refractivity (Wildman–Crippen MR) is 85.1 cm³/mol. The largest absolute Gasteiger partial charge is 0.466 e. The molecule has 0 radical (unpaired) electrons. The number of carbonyl (C=O) groups is 1. The number of esters is 1. The lowest BCUT2D eigenvalue weighted by Crippen LogP contribution is -2.24. The minimum Gasteiger partial charge on any atom is -0.466 e. The summed E-state index contributed by atoms with van der Waals surface area (Å²) < 4.78 is 5.08. The van der Waals surface area contributed by atoms with Crippen LogP contribution in [0.5, 0.6) is 0 Å². The smallest absolute Gasteiger partial charge is 0.311 e. The van der Waals surface area contributed by atoms with Gasteiger partial charge in [0.05, 0.1) is 18.6 Å². The molecule has 3 nitrogen and oxygen atoms in total. The Balaban J connectivity index is 2.93. The number of benzene rings is 1. The van der Waals surface area contributed by atoms with E-state index in [2.05, 4.69) is 20.8 Å². The minimum atomic E-state index is -0.807. The number of hydrogen-bond acceptors (Lipinski definition) is 3. The summed E-state index contributed by atoms with van der Waals surface area (Å²) in [6, 6.07) is 7.86. The molecule has 3 heteroatoms. The molecule has 1 aromatic carbocycles. The van der Waals surface area contributed by atoms with Crippen molar-refractivity contribution in [2.24, 2.45) is 5.92 Å². The van der Waals surface area contributed by atoms with E-state index in [1.807, 2.05) is 31.2 Å². The summed E-state index contributed by atoms with van der Waals surface area (Å²) in [7, 11) is 0. The second-order valence-corrected chi connectivity index (χ2v) is 6.46. The Kier molecular flexibility index (Phi) is 6.41. The first kappa shape index (κ1) is 17.7. The fourth-order valence-corrected chi connectivity index (χ4v) is 2.38. The quantitative estimate of drug-likeness (QED) is 0.806. The Morgan fingerprint density at radius 2 is 1.76 bits per heavy atom. The highest BCUT2D eigenvalue weighted by Gasteiger charge is 2.28. The summed E-state index contributed by atoms with van der Waals surface area (Å²) in [6.45, 7) is 10.6. The van der Waals surface area contributed by atoms with Gasteiger partial charge in [0.1, 0.15) is 0 Å². The van der Waals surface area contributed by atoms with Crippen LogP contribution in [-0.2, 0) is 14.9 Å². The number of ether oxygens (including phenoxy) is 1. The van der Waals surface area contributed by atoms with Crippen LogP contribution in [-0.4, -0.2) is 17.7 Å². The second kappa shape index (κ2) is 7.60. The average Bonchev–Trinajstić information content (AvgIpc) is 2.43. The lowest BCUT2D eigenvalue weighted by atomic mass is 9.85. The van der Waals surface area contributed by atoms with E-state index in [4.69, 9.17) is 4.74 Å². The molecular weight excluding hydrogens is 264 g/mol. The number of rotatable bonds is 6. The van der Waals surface area contributed by atoms with Crippen molar-refractivity contribution < 1.29 is 14.6 Å². The standard InChI is InChI=1S/C18H28O3/c1-6-8-15(17(20)21-7-2)16(19)13-9-11-14(12-10-13)18(3,4)5/h9-12,15-16,19H,6-8H2,1-5H3. The second-order valence-electron chi connectivity index (χ2n) is 6.46. The first-order chi connectivity index (χ1) is 9.81. The van der Waals surface area contributed by atoms with Crippen LogP contribution in [0.4, 0.5) is 0 Å². The molecule has 1 N–H and O–H groups in total. The molecule has 21 heavy (non-hydrogen) atoms. The third-order valence-electron chi connectivity index (χ3n) is 3.69. The summed E-state index contributed by atoms with van der Waals surface area (Å²) in [5, 5.41) is 10.5. The van der Waals surface area contributed by atoms with E-state index >= 15 is 0 Å². The Bertz CT molecular complexity index is 443. The Morgan fingerprint density at radius 3 is 2.19 bits per heavy atom. The Hall–Kier alpha value is -1.35. The molecule has 0 fully saturated rings. The van der Waals surface area contributed by atoms with Gasteiger partial charge in [0.15, 0.2) is 0 Å². The average molecular weight is 292 g/mol. The molecule has 2 unspecified atom stereocenters. The van der Waals surface area contributed by atoms with Crippen molar-refractivity contribution in [3.63, 3.8) is 0 Å². The molecule has 0 saturated heterocycles. The molecule has 0 aliphatic rings. The Labute approximate surface area is 128 Å². The van der Waals surface area contributed by atoms with Crippen molar-refractivity contribution in [3.8, 4) is 0 Å². The molecule has 0 saturated carbocycles. The first-order valence-electron chi connectivity index (χ1n) is 7.76. The third-order valence-corrected chi connectivity index (χ3v) is 3.69. The first-order valence-corrected chi connectivity index (χ1v) is 7.76. The molecule has 2 atom stereocenters. The van der Waals surface area contributed by atoms with Gasteiger partial charge in [0.25, 0.3) is 0 Å². The molecule has 0 amide bonds. The van der Waals surface area contributed by atoms with Crippen LogP contribution < -0.4 is 0 Å². The molecule has 0 heterocycles. The fourth-order valence-electron chi connectivity index (χ4n) is 2.38.